The number of aromatic nitrogens is 3. The third-order valence-electron chi connectivity index (χ3n) is 4.80. The quantitative estimate of drug-likeness (QED) is 0.337. The average Bonchev–Trinajstić information content (AvgIpc) is 3.51. The number of carbonyl (C=O) groups is 2. The maximum Gasteiger partial charge on any atom is 0.306 e. The van der Waals surface area contributed by atoms with Crippen LogP contribution in [-0.2, 0) is 33.8 Å². The zero-order valence-corrected chi connectivity index (χ0v) is 18.7. The average molecular weight is 480 g/mol. The molecule has 0 bridgehead atoms. The van der Waals surface area contributed by atoms with Gasteiger partial charge in [0, 0.05) is 6.42 Å². The van der Waals surface area contributed by atoms with Crippen LogP contribution < -0.4 is 10.1 Å². The van der Waals surface area contributed by atoms with E-state index in [2.05, 4.69) is 20.4 Å². The standard InChI is InChI=1S/C24H21FN4O6/c1-32-18-9-5-4-8-17(18)27-21(30)12-20-28-23(35-29-20)14-33-24(31)11-10-22-26-13-19(34-22)15-6-2-3-7-16(15)25/h2-9,13H,10-12,14H2,1H3,(H,27,30). The van der Waals surface area contributed by atoms with E-state index >= 15 is 0 Å². The molecule has 0 aliphatic rings. The first-order chi connectivity index (χ1) is 17.0. The fourth-order valence-electron chi connectivity index (χ4n) is 3.14. The molecule has 0 radical (unpaired) electrons. The van der Waals surface area contributed by atoms with E-state index < -0.39 is 11.8 Å². The Labute approximate surface area is 199 Å². The summed E-state index contributed by atoms with van der Waals surface area (Å²) in [4.78, 5) is 32.4. The summed E-state index contributed by atoms with van der Waals surface area (Å²) in [7, 11) is 1.51. The molecule has 2 aromatic carbocycles. The molecule has 4 rings (SSSR count). The van der Waals surface area contributed by atoms with E-state index in [1.54, 1.807) is 42.5 Å². The van der Waals surface area contributed by atoms with Gasteiger partial charge in [-0.3, -0.25) is 9.59 Å². The minimum Gasteiger partial charge on any atom is -0.495 e. The molecule has 0 saturated carbocycles. The van der Waals surface area contributed by atoms with Gasteiger partial charge in [0.25, 0.3) is 5.89 Å². The predicted molar refractivity (Wildman–Crippen MR) is 120 cm³/mol. The molecule has 4 aromatic rings. The van der Waals surface area contributed by atoms with Crippen molar-refractivity contribution in [3.63, 3.8) is 0 Å². The van der Waals surface area contributed by atoms with Gasteiger partial charge in [0.1, 0.15) is 11.6 Å². The van der Waals surface area contributed by atoms with Crippen LogP contribution in [0.4, 0.5) is 10.1 Å². The molecule has 0 saturated heterocycles. The Morgan fingerprint density at radius 3 is 2.71 bits per heavy atom. The number of amides is 1. The van der Waals surface area contributed by atoms with Crippen molar-refractivity contribution in [2.75, 3.05) is 12.4 Å². The molecule has 11 heteroatoms. The monoisotopic (exact) mass is 480 g/mol. The van der Waals surface area contributed by atoms with Crippen molar-refractivity contribution >= 4 is 17.6 Å². The van der Waals surface area contributed by atoms with Crippen molar-refractivity contribution in [2.45, 2.75) is 25.9 Å². The van der Waals surface area contributed by atoms with Gasteiger partial charge >= 0.3 is 5.97 Å². The number of nitrogens with zero attached hydrogens (tertiary/aromatic N) is 3. The first-order valence-corrected chi connectivity index (χ1v) is 10.6. The molecule has 1 amide bonds. The summed E-state index contributed by atoms with van der Waals surface area (Å²) in [6.07, 6.45) is 1.43. The van der Waals surface area contributed by atoms with Crippen LogP contribution in [0.15, 0.2) is 63.7 Å². The van der Waals surface area contributed by atoms with Gasteiger partial charge in [-0.1, -0.05) is 29.4 Å². The molecule has 0 fully saturated rings. The van der Waals surface area contributed by atoms with Crippen molar-refractivity contribution in [3.05, 3.63) is 78.2 Å². The van der Waals surface area contributed by atoms with Crippen LogP contribution in [0.3, 0.4) is 0 Å². The van der Waals surface area contributed by atoms with Gasteiger partial charge in [-0.05, 0) is 24.3 Å². The Balaban J connectivity index is 1.22. The number of carbonyl (C=O) groups excluding carboxylic acids is 2. The number of anilines is 1. The lowest BCUT2D eigenvalue weighted by Crippen LogP contribution is -2.15. The van der Waals surface area contributed by atoms with Crippen LogP contribution in [0, 0.1) is 5.82 Å². The lowest BCUT2D eigenvalue weighted by Gasteiger charge is -2.08. The summed E-state index contributed by atoms with van der Waals surface area (Å²) < 4.78 is 34.7. The number of nitrogens with one attached hydrogen (secondary N) is 1. The first-order valence-electron chi connectivity index (χ1n) is 10.6. The largest absolute Gasteiger partial charge is 0.495 e. The molecule has 2 aromatic heterocycles. The molecule has 0 atom stereocenters. The van der Waals surface area contributed by atoms with Crippen LogP contribution in [0.5, 0.6) is 5.75 Å². The Kier molecular flexibility index (Phi) is 7.46. The van der Waals surface area contributed by atoms with Crippen LogP contribution >= 0.6 is 0 Å². The van der Waals surface area contributed by atoms with Crippen molar-refractivity contribution in [1.82, 2.24) is 15.1 Å². The molecule has 1 N–H and O–H groups in total. The summed E-state index contributed by atoms with van der Waals surface area (Å²) in [5.41, 5.74) is 0.808. The smallest absolute Gasteiger partial charge is 0.306 e. The lowest BCUT2D eigenvalue weighted by atomic mass is 10.2. The summed E-state index contributed by atoms with van der Waals surface area (Å²) in [5, 5.41) is 6.44. The van der Waals surface area contributed by atoms with Crippen molar-refractivity contribution in [2.24, 2.45) is 0 Å². The van der Waals surface area contributed by atoms with E-state index in [1.165, 1.54) is 19.4 Å². The first kappa shape index (κ1) is 23.6. The van der Waals surface area contributed by atoms with Crippen LogP contribution in [-0.4, -0.2) is 34.1 Å². The van der Waals surface area contributed by atoms with Gasteiger partial charge in [-0.2, -0.15) is 4.98 Å². The van der Waals surface area contributed by atoms with Crippen LogP contribution in [0.1, 0.15) is 24.0 Å². The van der Waals surface area contributed by atoms with E-state index in [9.17, 15) is 14.0 Å². The Bertz CT molecular complexity index is 1320. The van der Waals surface area contributed by atoms with Crippen molar-refractivity contribution in [3.8, 4) is 17.1 Å². The number of esters is 1. The highest BCUT2D eigenvalue weighted by Crippen LogP contribution is 2.24. The fourth-order valence-corrected chi connectivity index (χ4v) is 3.14. The molecule has 0 unspecified atom stereocenters. The Morgan fingerprint density at radius 2 is 1.89 bits per heavy atom. The molecule has 35 heavy (non-hydrogen) atoms. The molecule has 2 heterocycles. The van der Waals surface area contributed by atoms with E-state index in [4.69, 9.17) is 18.4 Å². The van der Waals surface area contributed by atoms with Gasteiger partial charge in [-0.25, -0.2) is 9.37 Å². The highest BCUT2D eigenvalue weighted by molar-refractivity contribution is 5.93. The number of hydrogen-bond donors (Lipinski definition) is 1. The molecule has 10 nitrogen and oxygen atoms in total. The highest BCUT2D eigenvalue weighted by atomic mass is 19.1. The maximum atomic E-state index is 13.9. The van der Waals surface area contributed by atoms with Crippen molar-refractivity contribution in [1.29, 1.82) is 0 Å². The van der Waals surface area contributed by atoms with Gasteiger partial charge in [0.2, 0.25) is 5.91 Å². The molecule has 0 spiro atoms. The van der Waals surface area contributed by atoms with Gasteiger partial charge in [-0.15, -0.1) is 0 Å². The highest BCUT2D eigenvalue weighted by Gasteiger charge is 2.16. The van der Waals surface area contributed by atoms with Gasteiger partial charge in [0.15, 0.2) is 24.1 Å². The molecule has 0 aliphatic heterocycles. The normalized spacial score (nSPS) is 10.7. The third kappa shape index (κ3) is 6.28. The van der Waals surface area contributed by atoms with Crippen LogP contribution in [0.25, 0.3) is 11.3 Å². The van der Waals surface area contributed by atoms with E-state index in [1.807, 2.05) is 0 Å². The zero-order chi connectivity index (χ0) is 24.6. The SMILES string of the molecule is COc1ccccc1NC(=O)Cc1noc(COC(=O)CCc2ncc(-c3ccccc3F)o2)n1. The second-order valence-electron chi connectivity index (χ2n) is 7.29. The minimum atomic E-state index is -0.538. The zero-order valence-electron chi connectivity index (χ0n) is 18.7. The van der Waals surface area contributed by atoms with Gasteiger partial charge in [0.05, 0.1) is 37.4 Å². The minimum absolute atomic E-state index is 0.0144. The number of oxazole rings is 1. The van der Waals surface area contributed by atoms with E-state index in [0.29, 0.717) is 11.4 Å². The summed E-state index contributed by atoms with van der Waals surface area (Å²) in [5.74, 6) is -0.0503. The summed E-state index contributed by atoms with van der Waals surface area (Å²) in [6, 6.07) is 13.2. The topological polar surface area (TPSA) is 130 Å². The number of ether oxygens (including phenoxy) is 2. The number of rotatable bonds is 10. The number of methoxy groups -OCH3 is 1. The third-order valence-corrected chi connectivity index (χ3v) is 4.80. The molecular formula is C24H21FN4O6. The maximum absolute atomic E-state index is 13.9. The number of para-hydroxylation sites is 2. The van der Waals surface area contributed by atoms with Crippen LogP contribution in [0.2, 0.25) is 0 Å². The lowest BCUT2D eigenvalue weighted by molar-refractivity contribution is -0.145. The Morgan fingerprint density at radius 1 is 1.09 bits per heavy atom. The number of hydrogen-bond acceptors (Lipinski definition) is 9. The predicted octanol–water partition coefficient (Wildman–Crippen LogP) is 3.73. The molecular weight excluding hydrogens is 459 g/mol. The summed E-state index contributed by atoms with van der Waals surface area (Å²) >= 11 is 0. The van der Waals surface area contributed by atoms with Gasteiger partial charge < -0.3 is 23.7 Å². The molecule has 180 valence electrons. The number of aryl methyl sites for hydroxylation is 1. The number of halogens is 1. The Hall–Kier alpha value is -4.54. The fraction of sp³-hybridized carbons (Fsp3) is 0.208. The summed E-state index contributed by atoms with van der Waals surface area (Å²) in [6.45, 7) is -0.244. The van der Waals surface area contributed by atoms with E-state index in [-0.39, 0.29) is 60.7 Å². The second-order valence-corrected chi connectivity index (χ2v) is 7.29. The number of benzene rings is 2. The second kappa shape index (κ2) is 11.1. The van der Waals surface area contributed by atoms with Crippen molar-refractivity contribution < 1.29 is 32.4 Å². The molecule has 0 aliphatic carbocycles. The van der Waals surface area contributed by atoms with E-state index in [0.717, 1.165) is 0 Å².